The molecule has 2 rings (SSSR count). The standard InChI is InChI=1S/C15H24N2O3S/c1-3-9-16-11-12-7-8-15(14(10-12)20-2)21(18,19)17-13-5-4-6-13/h7-8,10,13,16-17H,3-6,9,11H2,1-2H3. The summed E-state index contributed by atoms with van der Waals surface area (Å²) in [6, 6.07) is 5.33. The number of ether oxygens (including phenoxy) is 1. The van der Waals surface area contributed by atoms with E-state index in [1.54, 1.807) is 12.1 Å². The maximum atomic E-state index is 12.4. The van der Waals surface area contributed by atoms with E-state index >= 15 is 0 Å². The van der Waals surface area contributed by atoms with Crippen molar-refractivity contribution in [2.24, 2.45) is 0 Å². The van der Waals surface area contributed by atoms with Gasteiger partial charge in [-0.2, -0.15) is 0 Å². The Morgan fingerprint density at radius 1 is 1.33 bits per heavy atom. The molecular formula is C15H24N2O3S. The number of methoxy groups -OCH3 is 1. The monoisotopic (exact) mass is 312 g/mol. The van der Waals surface area contributed by atoms with Crippen molar-refractivity contribution in [3.05, 3.63) is 23.8 Å². The van der Waals surface area contributed by atoms with Gasteiger partial charge in [-0.05, 0) is 43.5 Å². The minimum atomic E-state index is -3.50. The predicted molar refractivity (Wildman–Crippen MR) is 83.0 cm³/mol. The third-order valence-electron chi connectivity index (χ3n) is 3.70. The summed E-state index contributed by atoms with van der Waals surface area (Å²) in [6.07, 6.45) is 3.99. The molecular weight excluding hydrogens is 288 g/mol. The quantitative estimate of drug-likeness (QED) is 0.721. The SMILES string of the molecule is CCCNCc1ccc(S(=O)(=O)NC2CCC2)c(OC)c1. The van der Waals surface area contributed by atoms with Gasteiger partial charge in [-0.15, -0.1) is 0 Å². The van der Waals surface area contributed by atoms with Gasteiger partial charge in [-0.1, -0.05) is 19.4 Å². The van der Waals surface area contributed by atoms with Crippen LogP contribution in [-0.4, -0.2) is 28.1 Å². The molecule has 1 aliphatic carbocycles. The Morgan fingerprint density at radius 2 is 2.10 bits per heavy atom. The lowest BCUT2D eigenvalue weighted by Gasteiger charge is -2.26. The van der Waals surface area contributed by atoms with Crippen LogP contribution in [0, 0.1) is 0 Å². The van der Waals surface area contributed by atoms with Gasteiger partial charge in [0.15, 0.2) is 0 Å². The van der Waals surface area contributed by atoms with Crippen LogP contribution in [0.15, 0.2) is 23.1 Å². The molecule has 0 bridgehead atoms. The van der Waals surface area contributed by atoms with Crippen LogP contribution in [0.25, 0.3) is 0 Å². The normalized spacial score (nSPS) is 15.7. The van der Waals surface area contributed by atoms with Gasteiger partial charge in [-0.25, -0.2) is 13.1 Å². The molecule has 5 nitrogen and oxygen atoms in total. The van der Waals surface area contributed by atoms with E-state index in [2.05, 4.69) is 17.0 Å². The Hall–Kier alpha value is -1.11. The van der Waals surface area contributed by atoms with E-state index in [1.807, 2.05) is 6.07 Å². The smallest absolute Gasteiger partial charge is 0.244 e. The average molecular weight is 312 g/mol. The molecule has 1 aromatic rings. The summed E-state index contributed by atoms with van der Waals surface area (Å²) in [5, 5.41) is 3.29. The largest absolute Gasteiger partial charge is 0.495 e. The third-order valence-corrected chi connectivity index (χ3v) is 5.26. The number of benzene rings is 1. The lowest BCUT2D eigenvalue weighted by atomic mass is 9.94. The van der Waals surface area contributed by atoms with Crippen molar-refractivity contribution in [3.63, 3.8) is 0 Å². The lowest BCUT2D eigenvalue weighted by molar-refractivity contribution is 0.379. The van der Waals surface area contributed by atoms with Gasteiger partial charge in [0.1, 0.15) is 10.6 Å². The number of nitrogens with one attached hydrogen (secondary N) is 2. The lowest BCUT2D eigenvalue weighted by Crippen LogP contribution is -2.39. The molecule has 2 N–H and O–H groups in total. The first kappa shape index (κ1) is 16.3. The van der Waals surface area contributed by atoms with Crippen LogP contribution >= 0.6 is 0 Å². The van der Waals surface area contributed by atoms with Crippen LogP contribution in [0.3, 0.4) is 0 Å². The zero-order chi connectivity index (χ0) is 15.3. The van der Waals surface area contributed by atoms with Crippen molar-refractivity contribution in [3.8, 4) is 5.75 Å². The minimum Gasteiger partial charge on any atom is -0.495 e. The molecule has 0 aromatic heterocycles. The van der Waals surface area contributed by atoms with Gasteiger partial charge in [0.05, 0.1) is 7.11 Å². The Kier molecular flexibility index (Phi) is 5.61. The molecule has 0 amide bonds. The Bertz CT molecular complexity index is 568. The summed E-state index contributed by atoms with van der Waals surface area (Å²) < 4.78 is 32.8. The molecule has 6 heteroatoms. The van der Waals surface area contributed by atoms with Crippen molar-refractivity contribution in [2.45, 2.75) is 50.1 Å². The molecule has 1 fully saturated rings. The second-order valence-corrected chi connectivity index (χ2v) is 7.09. The predicted octanol–water partition coefficient (Wildman–Crippen LogP) is 2.03. The molecule has 0 saturated heterocycles. The van der Waals surface area contributed by atoms with Crippen molar-refractivity contribution >= 4 is 10.0 Å². The Morgan fingerprint density at radius 3 is 2.67 bits per heavy atom. The average Bonchev–Trinajstić information content (AvgIpc) is 2.43. The van der Waals surface area contributed by atoms with Gasteiger partial charge in [0.2, 0.25) is 10.0 Å². The maximum Gasteiger partial charge on any atom is 0.244 e. The molecule has 1 aromatic carbocycles. The van der Waals surface area contributed by atoms with E-state index in [-0.39, 0.29) is 10.9 Å². The third kappa shape index (κ3) is 4.18. The maximum absolute atomic E-state index is 12.4. The molecule has 0 unspecified atom stereocenters. The summed E-state index contributed by atoms with van der Waals surface area (Å²) in [6.45, 7) is 3.75. The first-order chi connectivity index (χ1) is 10.1. The fourth-order valence-corrected chi connectivity index (χ4v) is 3.72. The van der Waals surface area contributed by atoms with E-state index in [9.17, 15) is 8.42 Å². The molecule has 0 aliphatic heterocycles. The highest BCUT2D eigenvalue weighted by Gasteiger charge is 2.26. The first-order valence-electron chi connectivity index (χ1n) is 7.46. The zero-order valence-corrected chi connectivity index (χ0v) is 13.5. The van der Waals surface area contributed by atoms with Gasteiger partial charge in [-0.3, -0.25) is 0 Å². The van der Waals surface area contributed by atoms with Crippen molar-refractivity contribution in [2.75, 3.05) is 13.7 Å². The van der Waals surface area contributed by atoms with Crippen LogP contribution in [-0.2, 0) is 16.6 Å². The number of rotatable bonds is 8. The molecule has 118 valence electrons. The Labute approximate surface area is 127 Å². The second kappa shape index (κ2) is 7.24. The highest BCUT2D eigenvalue weighted by atomic mass is 32.2. The molecule has 0 radical (unpaired) electrons. The zero-order valence-electron chi connectivity index (χ0n) is 12.7. The summed E-state index contributed by atoms with van der Waals surface area (Å²) in [7, 11) is -2.00. The fraction of sp³-hybridized carbons (Fsp3) is 0.600. The summed E-state index contributed by atoms with van der Waals surface area (Å²) in [5.74, 6) is 0.401. The molecule has 0 atom stereocenters. The molecule has 0 heterocycles. The van der Waals surface area contributed by atoms with Crippen molar-refractivity contribution in [1.29, 1.82) is 0 Å². The van der Waals surface area contributed by atoms with E-state index in [0.29, 0.717) is 12.3 Å². The highest BCUT2D eigenvalue weighted by molar-refractivity contribution is 7.89. The summed E-state index contributed by atoms with van der Waals surface area (Å²) in [4.78, 5) is 0.219. The molecule has 1 aliphatic rings. The van der Waals surface area contributed by atoms with Gasteiger partial charge in [0.25, 0.3) is 0 Å². The van der Waals surface area contributed by atoms with Crippen LogP contribution in [0.1, 0.15) is 38.2 Å². The van der Waals surface area contributed by atoms with Crippen LogP contribution in [0.2, 0.25) is 0 Å². The molecule has 0 spiro atoms. The highest BCUT2D eigenvalue weighted by Crippen LogP contribution is 2.27. The molecule has 21 heavy (non-hydrogen) atoms. The molecule has 1 saturated carbocycles. The first-order valence-corrected chi connectivity index (χ1v) is 8.95. The topological polar surface area (TPSA) is 67.4 Å². The van der Waals surface area contributed by atoms with Crippen molar-refractivity contribution < 1.29 is 13.2 Å². The van der Waals surface area contributed by atoms with E-state index in [0.717, 1.165) is 37.8 Å². The van der Waals surface area contributed by atoms with Crippen LogP contribution in [0.4, 0.5) is 0 Å². The van der Waals surface area contributed by atoms with E-state index < -0.39 is 10.0 Å². The van der Waals surface area contributed by atoms with Crippen molar-refractivity contribution in [1.82, 2.24) is 10.0 Å². The van der Waals surface area contributed by atoms with Crippen LogP contribution in [0.5, 0.6) is 5.75 Å². The van der Waals surface area contributed by atoms with Gasteiger partial charge < -0.3 is 10.1 Å². The number of hydrogen-bond donors (Lipinski definition) is 2. The fourth-order valence-electron chi connectivity index (χ4n) is 2.26. The van der Waals surface area contributed by atoms with Crippen LogP contribution < -0.4 is 14.8 Å². The number of hydrogen-bond acceptors (Lipinski definition) is 4. The van der Waals surface area contributed by atoms with Gasteiger partial charge >= 0.3 is 0 Å². The van der Waals surface area contributed by atoms with Gasteiger partial charge in [0, 0.05) is 12.6 Å². The van der Waals surface area contributed by atoms with E-state index in [4.69, 9.17) is 4.74 Å². The second-order valence-electron chi connectivity index (χ2n) is 5.41. The summed E-state index contributed by atoms with van der Waals surface area (Å²) >= 11 is 0. The minimum absolute atomic E-state index is 0.0746. The number of sulfonamides is 1. The van der Waals surface area contributed by atoms with E-state index in [1.165, 1.54) is 7.11 Å². The Balaban J connectivity index is 2.14. The summed E-state index contributed by atoms with van der Waals surface area (Å²) in [5.41, 5.74) is 1.02.